The standard InChI is InChI=1S/C44H36N10O13S3/c1-24-17-29(8-14-34(24)49-47-28-9-15-35(25(2)18-28)50-51-36-16-12-32(68(57,58)59)21-41(36)69(60,61)62)48-52-37-22-40(67-4)38(23-39(37)66-3)53-54-43-42(70(63,64)65)20-26-19-30(7-13-33(26)44(43)56)46-45-27-5-10-31(55)11-6-27/h5-23,55-56H,1-4H3,(H,57,58,59)(H,60,61,62)(H,63,64,65). The van der Waals surface area contributed by atoms with Gasteiger partial charge in [-0.2, -0.15) is 55.9 Å². The number of phenolic OH excluding ortho intramolecular Hbond substituents is 2. The topological polar surface area (TPSA) is 346 Å². The molecule has 0 saturated carbocycles. The smallest absolute Gasteiger partial charge is 0.296 e. The van der Waals surface area contributed by atoms with Gasteiger partial charge in [-0.3, -0.25) is 13.7 Å². The highest BCUT2D eigenvalue weighted by Crippen LogP contribution is 2.45. The van der Waals surface area contributed by atoms with E-state index in [-0.39, 0.29) is 45.1 Å². The summed E-state index contributed by atoms with van der Waals surface area (Å²) in [4.78, 5) is -2.38. The summed E-state index contributed by atoms with van der Waals surface area (Å²) >= 11 is 0. The highest BCUT2D eigenvalue weighted by molar-refractivity contribution is 7.87. The van der Waals surface area contributed by atoms with Crippen molar-refractivity contribution in [1.29, 1.82) is 0 Å². The molecule has 358 valence electrons. The first-order chi connectivity index (χ1) is 33.1. The van der Waals surface area contributed by atoms with Gasteiger partial charge in [0, 0.05) is 17.5 Å². The molecule has 0 spiro atoms. The van der Waals surface area contributed by atoms with Gasteiger partial charge in [-0.1, -0.05) is 0 Å². The van der Waals surface area contributed by atoms with E-state index in [1.165, 1.54) is 74.9 Å². The van der Waals surface area contributed by atoms with Crippen molar-refractivity contribution in [3.63, 3.8) is 0 Å². The maximum atomic E-state index is 12.6. The minimum atomic E-state index is -4.96. The molecular formula is C44H36N10O13S3. The molecule has 0 aromatic heterocycles. The summed E-state index contributed by atoms with van der Waals surface area (Å²) in [7, 11) is -12.0. The Labute approximate surface area is 398 Å². The Morgan fingerprint density at radius 2 is 0.857 bits per heavy atom. The Kier molecular flexibility index (Phi) is 14.3. The number of ether oxygens (including phenoxy) is 2. The molecule has 23 nitrogen and oxygen atoms in total. The number of methoxy groups -OCH3 is 2. The summed E-state index contributed by atoms with van der Waals surface area (Å²) in [5, 5.41) is 62.6. The molecule has 0 amide bonds. The number of nitrogens with zero attached hydrogens (tertiary/aromatic N) is 10. The van der Waals surface area contributed by atoms with Crippen molar-refractivity contribution < 1.29 is 58.6 Å². The molecule has 0 aliphatic carbocycles. The molecular weight excluding hydrogens is 973 g/mol. The molecule has 0 radical (unpaired) electrons. The van der Waals surface area contributed by atoms with Gasteiger partial charge in [0.25, 0.3) is 30.4 Å². The second-order valence-corrected chi connectivity index (χ2v) is 18.9. The van der Waals surface area contributed by atoms with E-state index in [9.17, 15) is 49.1 Å². The number of fused-ring (bicyclic) bond motifs is 1. The third kappa shape index (κ3) is 11.7. The zero-order chi connectivity index (χ0) is 50.5. The van der Waals surface area contributed by atoms with Crippen LogP contribution in [0.1, 0.15) is 11.1 Å². The van der Waals surface area contributed by atoms with Crippen LogP contribution in [0.15, 0.2) is 181 Å². The minimum absolute atomic E-state index is 0.0319. The second-order valence-electron chi connectivity index (χ2n) is 14.7. The van der Waals surface area contributed by atoms with Crippen molar-refractivity contribution in [2.45, 2.75) is 28.5 Å². The molecule has 0 unspecified atom stereocenters. The van der Waals surface area contributed by atoms with Crippen LogP contribution in [-0.2, 0) is 30.4 Å². The highest BCUT2D eigenvalue weighted by atomic mass is 32.2. The van der Waals surface area contributed by atoms with E-state index in [1.54, 1.807) is 44.2 Å². The van der Waals surface area contributed by atoms with Gasteiger partial charge in [-0.25, -0.2) is 0 Å². The first kappa shape index (κ1) is 49.6. The molecule has 26 heteroatoms. The maximum Gasteiger partial charge on any atom is 0.296 e. The summed E-state index contributed by atoms with van der Waals surface area (Å²) in [6.07, 6.45) is 0. The van der Waals surface area contributed by atoms with Crippen LogP contribution in [-0.4, -0.2) is 63.3 Å². The lowest BCUT2D eigenvalue weighted by atomic mass is 10.1. The van der Waals surface area contributed by atoms with Crippen LogP contribution in [0, 0.1) is 13.8 Å². The van der Waals surface area contributed by atoms with Gasteiger partial charge >= 0.3 is 0 Å². The number of phenols is 2. The third-order valence-electron chi connectivity index (χ3n) is 9.86. The predicted molar refractivity (Wildman–Crippen MR) is 252 cm³/mol. The van der Waals surface area contributed by atoms with E-state index >= 15 is 0 Å². The molecule has 7 rings (SSSR count). The van der Waals surface area contributed by atoms with E-state index in [0.29, 0.717) is 51.3 Å². The van der Waals surface area contributed by atoms with Gasteiger partial charge in [0.1, 0.15) is 49.8 Å². The lowest BCUT2D eigenvalue weighted by Crippen LogP contribution is -2.03. The number of aryl methyl sites for hydroxylation is 2. The van der Waals surface area contributed by atoms with Gasteiger partial charge in [0.05, 0.1) is 53.2 Å². The van der Waals surface area contributed by atoms with E-state index in [0.717, 1.165) is 18.2 Å². The van der Waals surface area contributed by atoms with Crippen LogP contribution < -0.4 is 9.47 Å². The van der Waals surface area contributed by atoms with Crippen LogP contribution in [0.3, 0.4) is 0 Å². The predicted octanol–water partition coefficient (Wildman–Crippen LogP) is 12.7. The number of benzene rings is 7. The molecule has 0 saturated heterocycles. The second kappa shape index (κ2) is 20.1. The molecule has 0 aliphatic rings. The first-order valence-corrected chi connectivity index (χ1v) is 24.1. The summed E-state index contributed by atoms with van der Waals surface area (Å²) in [6.45, 7) is 3.46. The molecule has 0 fully saturated rings. The van der Waals surface area contributed by atoms with Crippen LogP contribution >= 0.6 is 0 Å². The van der Waals surface area contributed by atoms with Crippen LogP contribution in [0.4, 0.5) is 56.9 Å². The fourth-order valence-corrected chi connectivity index (χ4v) is 8.25. The normalized spacial score (nSPS) is 12.7. The zero-order valence-corrected chi connectivity index (χ0v) is 39.1. The van der Waals surface area contributed by atoms with Crippen molar-refractivity contribution in [3.05, 3.63) is 126 Å². The largest absolute Gasteiger partial charge is 0.508 e. The van der Waals surface area contributed by atoms with Crippen LogP contribution in [0.25, 0.3) is 10.8 Å². The number of hydrogen-bond acceptors (Lipinski definition) is 20. The van der Waals surface area contributed by atoms with Gasteiger partial charge < -0.3 is 19.7 Å². The molecule has 70 heavy (non-hydrogen) atoms. The van der Waals surface area contributed by atoms with Gasteiger partial charge in [-0.05, 0) is 133 Å². The van der Waals surface area contributed by atoms with E-state index < -0.39 is 56.5 Å². The molecule has 0 atom stereocenters. The van der Waals surface area contributed by atoms with Crippen LogP contribution in [0.2, 0.25) is 0 Å². The molecule has 0 bridgehead atoms. The van der Waals surface area contributed by atoms with Gasteiger partial charge in [-0.15, -0.1) is 20.5 Å². The average molecular weight is 1010 g/mol. The summed E-state index contributed by atoms with van der Waals surface area (Å²) in [6, 6.07) is 26.5. The number of rotatable bonds is 15. The monoisotopic (exact) mass is 1010 g/mol. The van der Waals surface area contributed by atoms with Crippen molar-refractivity contribution in [1.82, 2.24) is 0 Å². The Hall–Kier alpha value is -8.27. The fraction of sp³-hybridized carbons (Fsp3) is 0.0909. The lowest BCUT2D eigenvalue weighted by Gasteiger charge is -2.11. The Bertz CT molecular complexity index is 3720. The van der Waals surface area contributed by atoms with Gasteiger partial charge in [0.15, 0.2) is 5.75 Å². The van der Waals surface area contributed by atoms with Crippen molar-refractivity contribution in [2.75, 3.05) is 14.2 Å². The van der Waals surface area contributed by atoms with E-state index in [1.807, 2.05) is 0 Å². The fourth-order valence-electron chi connectivity index (χ4n) is 6.36. The number of azo groups is 5. The quantitative estimate of drug-likeness (QED) is 0.0471. The van der Waals surface area contributed by atoms with Crippen LogP contribution in [0.5, 0.6) is 23.0 Å². The molecule has 7 aromatic rings. The van der Waals surface area contributed by atoms with Crippen molar-refractivity contribution in [3.8, 4) is 23.0 Å². The summed E-state index contributed by atoms with van der Waals surface area (Å²) in [5.41, 5.74) is 2.90. The average Bonchev–Trinajstić information content (AvgIpc) is 3.31. The molecule has 5 N–H and O–H groups in total. The molecule has 0 aliphatic heterocycles. The molecule has 7 aromatic carbocycles. The zero-order valence-electron chi connectivity index (χ0n) is 36.7. The van der Waals surface area contributed by atoms with E-state index in [2.05, 4.69) is 51.1 Å². The molecule has 0 heterocycles. The Balaban J connectivity index is 1.08. The minimum Gasteiger partial charge on any atom is -0.508 e. The first-order valence-electron chi connectivity index (χ1n) is 19.8. The Morgan fingerprint density at radius 1 is 0.414 bits per heavy atom. The SMILES string of the molecule is COc1cc(N=Nc2c(S(=O)(=O)O)cc3cc(N=Nc4ccc(O)cc4)ccc3c2O)c(OC)cc1N=Nc1ccc(N=Nc2ccc(N=Nc3ccc(S(=O)(=O)O)cc3S(=O)(=O)O)c(C)c2)c(C)c1. The maximum absolute atomic E-state index is 12.6. The highest BCUT2D eigenvalue weighted by Gasteiger charge is 2.24. The van der Waals surface area contributed by atoms with Crippen molar-refractivity contribution >= 4 is 98.0 Å². The third-order valence-corrected chi connectivity index (χ3v) is 12.5. The summed E-state index contributed by atoms with van der Waals surface area (Å²) in [5.74, 6) is -0.286. The number of hydrogen-bond donors (Lipinski definition) is 5. The Morgan fingerprint density at radius 3 is 1.39 bits per heavy atom. The number of aromatic hydroxyl groups is 2. The summed E-state index contributed by atoms with van der Waals surface area (Å²) < 4.78 is 112. The van der Waals surface area contributed by atoms with Gasteiger partial charge in [0.2, 0.25) is 0 Å². The van der Waals surface area contributed by atoms with E-state index in [4.69, 9.17) is 9.47 Å². The lowest BCUT2D eigenvalue weighted by molar-refractivity contribution is 0.405. The van der Waals surface area contributed by atoms with Crippen molar-refractivity contribution in [2.24, 2.45) is 51.1 Å².